The van der Waals surface area contributed by atoms with Crippen molar-refractivity contribution in [3.63, 3.8) is 0 Å². The van der Waals surface area contributed by atoms with Gasteiger partial charge in [-0.1, -0.05) is 29.8 Å². The molecule has 0 bridgehead atoms. The van der Waals surface area contributed by atoms with E-state index in [-0.39, 0.29) is 42.2 Å². The summed E-state index contributed by atoms with van der Waals surface area (Å²) in [7, 11) is 0. The van der Waals surface area contributed by atoms with Crippen LogP contribution in [0.2, 0.25) is 5.02 Å². The van der Waals surface area contributed by atoms with Crippen LogP contribution < -0.4 is 10.9 Å². The Morgan fingerprint density at radius 2 is 1.73 bits per heavy atom. The Kier molecular flexibility index (Phi) is 8.22. The first-order valence-electron chi connectivity index (χ1n) is 11.5. The molecule has 6 nitrogen and oxygen atoms in total. The molecule has 0 aliphatic heterocycles. The van der Waals surface area contributed by atoms with E-state index in [1.165, 1.54) is 12.1 Å². The van der Waals surface area contributed by atoms with Crippen LogP contribution in [0.4, 0.5) is 35.1 Å². The molecule has 1 aliphatic rings. The second-order valence-electron chi connectivity index (χ2n) is 8.97. The molecule has 1 amide bonds. The van der Waals surface area contributed by atoms with Gasteiger partial charge in [-0.2, -0.15) is 26.3 Å². The Hall–Kier alpha value is -3.52. The quantitative estimate of drug-likeness (QED) is 0.328. The van der Waals surface area contributed by atoms with Gasteiger partial charge in [-0.25, -0.2) is 13.8 Å². The highest BCUT2D eigenvalue weighted by Crippen LogP contribution is 2.39. The summed E-state index contributed by atoms with van der Waals surface area (Å²) in [5.41, 5.74) is -6.57. The molecule has 0 radical (unpaired) electrons. The number of aromatic nitrogens is 2. The lowest BCUT2D eigenvalue weighted by Gasteiger charge is -2.34. The molecule has 1 heterocycles. The minimum absolute atomic E-state index is 0.0276. The standard InChI is InChI=1S/C25H18ClF8N3O3/c26-16-3-1-2-12(20(16)27)10-40-14-6-13(7-14)23(39)35-9-11-4-5-15(24(29,30)31)19(21(11)28)22-36-17(25(32,33)34)8-18(38)37-22/h1-5,8,13-14H,6-7,9-10H2,(H,35,39)(H,36,37,38)/t13-,14-. The van der Waals surface area contributed by atoms with Crippen LogP contribution in [0.15, 0.2) is 41.2 Å². The number of carbonyl (C=O) groups is 1. The minimum atomic E-state index is -5.21. The lowest BCUT2D eigenvalue weighted by molar-refractivity contribution is -0.141. The number of nitrogens with zero attached hydrogens (tertiary/aromatic N) is 1. The lowest BCUT2D eigenvalue weighted by atomic mass is 9.81. The number of hydrogen-bond donors (Lipinski definition) is 2. The predicted molar refractivity (Wildman–Crippen MR) is 125 cm³/mol. The van der Waals surface area contributed by atoms with Crippen molar-refractivity contribution in [2.75, 3.05) is 0 Å². The molecule has 0 atom stereocenters. The Balaban J connectivity index is 1.46. The fourth-order valence-corrected chi connectivity index (χ4v) is 4.25. The maximum absolute atomic E-state index is 15.3. The van der Waals surface area contributed by atoms with Crippen molar-refractivity contribution in [3.05, 3.63) is 85.8 Å². The number of nitrogens with one attached hydrogen (secondary N) is 2. The van der Waals surface area contributed by atoms with Gasteiger partial charge in [0.15, 0.2) is 5.69 Å². The normalized spacial score (nSPS) is 17.4. The van der Waals surface area contributed by atoms with E-state index in [2.05, 4.69) is 10.3 Å². The van der Waals surface area contributed by atoms with E-state index in [1.54, 1.807) is 11.1 Å². The topological polar surface area (TPSA) is 84.1 Å². The van der Waals surface area contributed by atoms with Crippen LogP contribution in [-0.4, -0.2) is 22.0 Å². The minimum Gasteiger partial charge on any atom is -0.373 e. The average molecular weight is 596 g/mol. The highest BCUT2D eigenvalue weighted by Gasteiger charge is 2.39. The number of hydrogen-bond acceptors (Lipinski definition) is 4. The first-order valence-corrected chi connectivity index (χ1v) is 11.9. The van der Waals surface area contributed by atoms with Gasteiger partial charge in [-0.05, 0) is 25.0 Å². The summed E-state index contributed by atoms with van der Waals surface area (Å²) < 4.78 is 115. The highest BCUT2D eigenvalue weighted by atomic mass is 35.5. The maximum atomic E-state index is 15.3. The smallest absolute Gasteiger partial charge is 0.373 e. The number of amides is 1. The Morgan fingerprint density at radius 3 is 2.38 bits per heavy atom. The summed E-state index contributed by atoms with van der Waals surface area (Å²) in [6.07, 6.45) is -10.3. The van der Waals surface area contributed by atoms with Gasteiger partial charge in [0, 0.05) is 29.7 Å². The molecular formula is C25H18ClF8N3O3. The number of ether oxygens (including phenoxy) is 1. The molecule has 214 valence electrons. The number of benzene rings is 2. The van der Waals surface area contributed by atoms with E-state index in [4.69, 9.17) is 16.3 Å². The van der Waals surface area contributed by atoms with Crippen LogP contribution >= 0.6 is 11.6 Å². The van der Waals surface area contributed by atoms with Gasteiger partial charge in [-0.3, -0.25) is 9.59 Å². The number of aromatic amines is 1. The van der Waals surface area contributed by atoms with Crippen LogP contribution in [-0.2, 0) is 35.0 Å². The molecule has 1 saturated carbocycles. The molecule has 1 aromatic heterocycles. The van der Waals surface area contributed by atoms with Crippen molar-refractivity contribution >= 4 is 17.5 Å². The van der Waals surface area contributed by atoms with Crippen molar-refractivity contribution in [2.24, 2.45) is 5.92 Å². The van der Waals surface area contributed by atoms with Gasteiger partial charge in [-0.15, -0.1) is 0 Å². The Labute approximate surface area is 225 Å². The number of halogens is 9. The summed E-state index contributed by atoms with van der Waals surface area (Å²) in [6.45, 7) is -0.689. The molecule has 1 aliphatic carbocycles. The van der Waals surface area contributed by atoms with Crippen LogP contribution in [0.5, 0.6) is 0 Å². The third-order valence-corrected chi connectivity index (χ3v) is 6.51. The molecule has 2 aromatic carbocycles. The molecule has 3 aromatic rings. The third-order valence-electron chi connectivity index (χ3n) is 6.22. The fourth-order valence-electron chi connectivity index (χ4n) is 4.05. The molecule has 0 unspecified atom stereocenters. The zero-order chi connectivity index (χ0) is 29.4. The first kappa shape index (κ1) is 29.5. The van der Waals surface area contributed by atoms with Crippen molar-refractivity contribution in [1.82, 2.24) is 15.3 Å². The van der Waals surface area contributed by atoms with Gasteiger partial charge >= 0.3 is 12.4 Å². The van der Waals surface area contributed by atoms with Crippen LogP contribution in [0.25, 0.3) is 11.4 Å². The fraction of sp³-hybridized carbons (Fsp3) is 0.320. The first-order chi connectivity index (χ1) is 18.6. The summed E-state index contributed by atoms with van der Waals surface area (Å²) in [5, 5.41) is 2.30. The predicted octanol–water partition coefficient (Wildman–Crippen LogP) is 6.02. The molecule has 15 heteroatoms. The van der Waals surface area contributed by atoms with E-state index in [1.807, 2.05) is 0 Å². The van der Waals surface area contributed by atoms with Crippen LogP contribution in [0, 0.1) is 17.6 Å². The van der Waals surface area contributed by atoms with Crippen LogP contribution in [0.3, 0.4) is 0 Å². The molecule has 2 N–H and O–H groups in total. The second-order valence-corrected chi connectivity index (χ2v) is 9.38. The van der Waals surface area contributed by atoms with Gasteiger partial charge in [0.05, 0.1) is 28.9 Å². The largest absolute Gasteiger partial charge is 0.433 e. The van der Waals surface area contributed by atoms with E-state index >= 15 is 4.39 Å². The molecule has 0 spiro atoms. The molecule has 1 fully saturated rings. The van der Waals surface area contributed by atoms with E-state index in [0.717, 1.165) is 6.07 Å². The van der Waals surface area contributed by atoms with E-state index in [9.17, 15) is 40.3 Å². The van der Waals surface area contributed by atoms with E-state index < -0.39 is 76.1 Å². The zero-order valence-corrected chi connectivity index (χ0v) is 20.8. The maximum Gasteiger partial charge on any atom is 0.433 e. The van der Waals surface area contributed by atoms with Crippen molar-refractivity contribution in [3.8, 4) is 11.4 Å². The number of carbonyl (C=O) groups excluding carboxylic acids is 1. The zero-order valence-electron chi connectivity index (χ0n) is 20.0. The monoisotopic (exact) mass is 595 g/mol. The van der Waals surface area contributed by atoms with Crippen LogP contribution in [0.1, 0.15) is 35.2 Å². The second kappa shape index (κ2) is 11.2. The lowest BCUT2D eigenvalue weighted by Crippen LogP contribution is -2.42. The van der Waals surface area contributed by atoms with Crippen molar-refractivity contribution < 1.29 is 44.7 Å². The number of rotatable bonds is 7. The summed E-state index contributed by atoms with van der Waals surface area (Å²) in [4.78, 5) is 28.9. The summed E-state index contributed by atoms with van der Waals surface area (Å²) in [5.74, 6) is -4.66. The number of alkyl halides is 6. The molecule has 4 rings (SSSR count). The van der Waals surface area contributed by atoms with Gasteiger partial charge in [0.1, 0.15) is 17.5 Å². The third kappa shape index (κ3) is 6.44. The summed E-state index contributed by atoms with van der Waals surface area (Å²) >= 11 is 5.72. The highest BCUT2D eigenvalue weighted by molar-refractivity contribution is 6.30. The molecule has 40 heavy (non-hydrogen) atoms. The van der Waals surface area contributed by atoms with Gasteiger partial charge in [0.25, 0.3) is 5.56 Å². The SMILES string of the molecule is O=c1cc(C(F)(F)F)nc(-c2c(C(F)(F)F)ccc(CNC(=O)[C@H]3C[C@H](OCc4cccc(Cl)c4F)C3)c2F)[nH]1. The van der Waals surface area contributed by atoms with Gasteiger partial charge < -0.3 is 15.0 Å². The van der Waals surface area contributed by atoms with Crippen molar-refractivity contribution in [1.29, 1.82) is 0 Å². The summed E-state index contributed by atoms with van der Waals surface area (Å²) in [6, 6.07) is 5.58. The van der Waals surface area contributed by atoms with Crippen molar-refractivity contribution in [2.45, 2.75) is 44.4 Å². The Morgan fingerprint density at radius 1 is 1.02 bits per heavy atom. The van der Waals surface area contributed by atoms with E-state index in [0.29, 0.717) is 6.07 Å². The average Bonchev–Trinajstić information content (AvgIpc) is 2.83. The molecule has 0 saturated heterocycles. The number of H-pyrrole nitrogens is 1. The van der Waals surface area contributed by atoms with Gasteiger partial charge in [0.2, 0.25) is 5.91 Å². The molecular weight excluding hydrogens is 578 g/mol. The Bertz CT molecular complexity index is 1480.